The number of benzene rings is 1. The Morgan fingerprint density at radius 3 is 2.89 bits per heavy atom. The van der Waals surface area contributed by atoms with Gasteiger partial charge in [-0.15, -0.1) is 0 Å². The van der Waals surface area contributed by atoms with E-state index in [1.165, 1.54) is 24.0 Å². The number of hydrogen-bond donors (Lipinski definition) is 1. The molecule has 1 aliphatic rings. The number of likely N-dealkylation sites (N-methyl/N-ethyl adjacent to an activating group) is 1. The Kier molecular flexibility index (Phi) is 5.12. The monoisotopic (exact) mass is 281 g/mol. The third-order valence-electron chi connectivity index (χ3n) is 4.08. The predicted molar refractivity (Wildman–Crippen MR) is 81.3 cm³/mol. The third-order valence-corrected chi connectivity index (χ3v) is 4.30. The van der Waals surface area contributed by atoms with Gasteiger partial charge in [-0.1, -0.05) is 31.9 Å². The Labute approximate surface area is 121 Å². The molecule has 0 fully saturated rings. The Morgan fingerprint density at radius 1 is 1.42 bits per heavy atom. The summed E-state index contributed by atoms with van der Waals surface area (Å²) in [6.07, 6.45) is 4.39. The van der Waals surface area contributed by atoms with Crippen LogP contribution in [0.25, 0.3) is 0 Å². The normalized spacial score (nSPS) is 16.8. The van der Waals surface area contributed by atoms with Crippen molar-refractivity contribution < 1.29 is 4.74 Å². The van der Waals surface area contributed by atoms with Crippen molar-refractivity contribution in [3.8, 4) is 5.75 Å². The fourth-order valence-corrected chi connectivity index (χ4v) is 2.98. The fraction of sp³-hybridized carbons (Fsp3) is 0.625. The number of nitrogens with one attached hydrogen (secondary N) is 1. The van der Waals surface area contributed by atoms with Gasteiger partial charge in [0.25, 0.3) is 0 Å². The molecule has 2 nitrogen and oxygen atoms in total. The molecule has 19 heavy (non-hydrogen) atoms. The molecule has 0 spiro atoms. The summed E-state index contributed by atoms with van der Waals surface area (Å²) >= 11 is 6.21. The summed E-state index contributed by atoms with van der Waals surface area (Å²) < 4.78 is 5.77. The molecule has 0 saturated heterocycles. The molecule has 0 saturated carbocycles. The first-order chi connectivity index (χ1) is 9.13. The van der Waals surface area contributed by atoms with Gasteiger partial charge in [-0.05, 0) is 49.1 Å². The number of rotatable bonds is 6. The lowest BCUT2D eigenvalue weighted by atomic mass is 9.93. The third kappa shape index (κ3) is 3.64. The van der Waals surface area contributed by atoms with E-state index in [1.807, 2.05) is 13.1 Å². The summed E-state index contributed by atoms with van der Waals surface area (Å²) in [5.74, 6) is 1.82. The van der Waals surface area contributed by atoms with Gasteiger partial charge in [-0.25, -0.2) is 0 Å². The maximum absolute atomic E-state index is 6.21. The van der Waals surface area contributed by atoms with Crippen LogP contribution in [0.4, 0.5) is 0 Å². The smallest absolute Gasteiger partial charge is 0.125 e. The van der Waals surface area contributed by atoms with E-state index in [4.69, 9.17) is 16.3 Å². The molecule has 1 N–H and O–H groups in total. The highest BCUT2D eigenvalue weighted by Gasteiger charge is 2.20. The standard InChI is InChI=1S/C16H24ClNO/c1-4-11(2)7-15(18-3)10-13-9-14(17)8-12-5-6-19-16(12)13/h8-9,11,15,18H,4-7,10H2,1-3H3. The van der Waals surface area contributed by atoms with E-state index in [1.54, 1.807) is 0 Å². The van der Waals surface area contributed by atoms with Crippen molar-refractivity contribution in [2.75, 3.05) is 13.7 Å². The van der Waals surface area contributed by atoms with E-state index < -0.39 is 0 Å². The molecule has 106 valence electrons. The summed E-state index contributed by atoms with van der Waals surface area (Å²) in [5, 5.41) is 4.26. The average Bonchev–Trinajstić information content (AvgIpc) is 2.85. The molecular formula is C16H24ClNO. The van der Waals surface area contributed by atoms with E-state index in [-0.39, 0.29) is 0 Å². The Hall–Kier alpha value is -0.730. The van der Waals surface area contributed by atoms with E-state index in [9.17, 15) is 0 Å². The molecule has 0 bridgehead atoms. The summed E-state index contributed by atoms with van der Waals surface area (Å²) in [6.45, 7) is 5.35. The SMILES string of the molecule is CCC(C)CC(Cc1cc(Cl)cc2c1OCC2)NC. The minimum Gasteiger partial charge on any atom is -0.493 e. The first-order valence-electron chi connectivity index (χ1n) is 7.25. The second-order valence-corrected chi connectivity index (χ2v) is 6.03. The van der Waals surface area contributed by atoms with Crippen LogP contribution >= 0.6 is 11.6 Å². The lowest BCUT2D eigenvalue weighted by Crippen LogP contribution is -2.29. The van der Waals surface area contributed by atoms with Gasteiger partial charge < -0.3 is 10.1 Å². The molecule has 0 aliphatic carbocycles. The molecule has 0 amide bonds. The summed E-state index contributed by atoms with van der Waals surface area (Å²) in [4.78, 5) is 0. The molecule has 1 aliphatic heterocycles. The quantitative estimate of drug-likeness (QED) is 0.855. The van der Waals surface area contributed by atoms with Crippen molar-refractivity contribution in [2.24, 2.45) is 5.92 Å². The fourth-order valence-electron chi connectivity index (χ4n) is 2.72. The van der Waals surface area contributed by atoms with E-state index in [2.05, 4.69) is 25.2 Å². The first kappa shape index (κ1) is 14.7. The number of hydrogen-bond acceptors (Lipinski definition) is 2. The topological polar surface area (TPSA) is 21.3 Å². The van der Waals surface area contributed by atoms with Gasteiger partial charge in [-0.2, -0.15) is 0 Å². The Morgan fingerprint density at radius 2 is 2.21 bits per heavy atom. The minimum atomic E-state index is 0.488. The number of halogens is 1. The molecule has 1 aromatic carbocycles. The second kappa shape index (κ2) is 6.62. The largest absolute Gasteiger partial charge is 0.493 e. The summed E-state index contributed by atoms with van der Waals surface area (Å²) in [6, 6.07) is 4.59. The molecule has 1 heterocycles. The van der Waals surface area contributed by atoms with Gasteiger partial charge in [0.2, 0.25) is 0 Å². The first-order valence-corrected chi connectivity index (χ1v) is 7.63. The zero-order valence-corrected chi connectivity index (χ0v) is 12.9. The highest BCUT2D eigenvalue weighted by atomic mass is 35.5. The van der Waals surface area contributed by atoms with E-state index in [0.29, 0.717) is 6.04 Å². The maximum Gasteiger partial charge on any atom is 0.125 e. The zero-order chi connectivity index (χ0) is 13.8. The minimum absolute atomic E-state index is 0.488. The molecule has 1 aromatic rings. The summed E-state index contributed by atoms with van der Waals surface area (Å²) in [7, 11) is 2.04. The van der Waals surface area contributed by atoms with Crippen LogP contribution in [0.2, 0.25) is 5.02 Å². The van der Waals surface area contributed by atoms with E-state index in [0.717, 1.165) is 36.1 Å². The van der Waals surface area contributed by atoms with Gasteiger partial charge in [0.15, 0.2) is 0 Å². The lowest BCUT2D eigenvalue weighted by molar-refractivity contribution is 0.348. The van der Waals surface area contributed by atoms with Crippen LogP contribution in [-0.4, -0.2) is 19.7 Å². The Bertz CT molecular complexity index is 433. The van der Waals surface area contributed by atoms with Crippen molar-refractivity contribution in [1.82, 2.24) is 5.32 Å². The molecular weight excluding hydrogens is 258 g/mol. The van der Waals surface area contributed by atoms with Crippen molar-refractivity contribution in [2.45, 2.75) is 45.6 Å². The van der Waals surface area contributed by atoms with Crippen LogP contribution in [0.1, 0.15) is 37.8 Å². The highest BCUT2D eigenvalue weighted by Crippen LogP contribution is 2.34. The van der Waals surface area contributed by atoms with Crippen LogP contribution in [0, 0.1) is 5.92 Å². The maximum atomic E-state index is 6.21. The second-order valence-electron chi connectivity index (χ2n) is 5.59. The van der Waals surface area contributed by atoms with Crippen LogP contribution in [0.5, 0.6) is 5.75 Å². The van der Waals surface area contributed by atoms with Crippen LogP contribution in [0.15, 0.2) is 12.1 Å². The lowest BCUT2D eigenvalue weighted by Gasteiger charge is -2.21. The molecule has 2 atom stereocenters. The van der Waals surface area contributed by atoms with Gasteiger partial charge in [0.05, 0.1) is 6.61 Å². The highest BCUT2D eigenvalue weighted by molar-refractivity contribution is 6.30. The van der Waals surface area contributed by atoms with Crippen LogP contribution < -0.4 is 10.1 Å². The van der Waals surface area contributed by atoms with Gasteiger partial charge in [0, 0.05) is 17.5 Å². The van der Waals surface area contributed by atoms with Crippen LogP contribution in [0.3, 0.4) is 0 Å². The van der Waals surface area contributed by atoms with Gasteiger partial charge >= 0.3 is 0 Å². The van der Waals surface area contributed by atoms with Crippen molar-refractivity contribution >= 4 is 11.6 Å². The van der Waals surface area contributed by atoms with E-state index >= 15 is 0 Å². The van der Waals surface area contributed by atoms with Gasteiger partial charge in [-0.3, -0.25) is 0 Å². The molecule has 2 rings (SSSR count). The molecule has 3 heteroatoms. The molecule has 0 radical (unpaired) electrons. The Balaban J connectivity index is 2.13. The summed E-state index contributed by atoms with van der Waals surface area (Å²) in [5.41, 5.74) is 2.52. The number of fused-ring (bicyclic) bond motifs is 1. The zero-order valence-electron chi connectivity index (χ0n) is 12.1. The van der Waals surface area contributed by atoms with Crippen molar-refractivity contribution in [1.29, 1.82) is 0 Å². The predicted octanol–water partition coefficient (Wildman–Crippen LogP) is 3.84. The molecule has 0 aromatic heterocycles. The van der Waals surface area contributed by atoms with Crippen molar-refractivity contribution in [3.63, 3.8) is 0 Å². The van der Waals surface area contributed by atoms with Gasteiger partial charge in [0.1, 0.15) is 5.75 Å². The molecule has 2 unspecified atom stereocenters. The average molecular weight is 282 g/mol. The van der Waals surface area contributed by atoms with Crippen LogP contribution in [-0.2, 0) is 12.8 Å². The number of ether oxygens (including phenoxy) is 1. The van der Waals surface area contributed by atoms with Crippen molar-refractivity contribution in [3.05, 3.63) is 28.3 Å².